The second-order valence-electron chi connectivity index (χ2n) is 11.5. The third-order valence-corrected chi connectivity index (χ3v) is 9.74. The highest BCUT2D eigenvalue weighted by atomic mass is 79.9. The Labute approximate surface area is 256 Å². The van der Waals surface area contributed by atoms with Gasteiger partial charge in [-0.25, -0.2) is 0 Å². The number of halogens is 1. The second-order valence-corrected chi connectivity index (χ2v) is 12.6. The van der Waals surface area contributed by atoms with E-state index in [1.165, 1.54) is 0 Å². The van der Waals surface area contributed by atoms with E-state index >= 15 is 0 Å². The minimum Gasteiger partial charge on any atom is -0.396 e. The summed E-state index contributed by atoms with van der Waals surface area (Å²) in [5, 5.41) is 11.5. The summed E-state index contributed by atoms with van der Waals surface area (Å²) in [6.07, 6.45) is 5.11. The number of ether oxygens (including phenoxy) is 1. The lowest BCUT2D eigenvalue weighted by Crippen LogP contribution is -2.57. The van der Waals surface area contributed by atoms with E-state index in [-0.39, 0.29) is 35.7 Å². The maximum Gasteiger partial charge on any atom is 0.253 e. The number of amides is 3. The van der Waals surface area contributed by atoms with Crippen LogP contribution in [0.3, 0.4) is 0 Å². The number of carbonyl (C=O) groups is 3. The fourth-order valence-electron chi connectivity index (χ4n) is 7.20. The van der Waals surface area contributed by atoms with Crippen molar-refractivity contribution in [1.82, 2.24) is 9.80 Å². The fraction of sp³-hybridized carbons (Fsp3) is 0.485. The molecule has 0 aromatic heterocycles. The molecular weight excluding hydrogens is 598 g/mol. The SMILES string of the molecule is C=CCN(CCC)C(=O)[C@H]1[C@@H]2OC3(CC2Br)C(C(=O)N(CC=C)c2ccc4ccccc4c2)N(CCCCO)C(=O)[C@H]13. The molecule has 3 unspecified atom stereocenters. The lowest BCUT2D eigenvalue weighted by atomic mass is 9.70. The molecule has 3 amide bonds. The number of alkyl halides is 1. The number of benzene rings is 2. The number of unbranched alkanes of at least 4 members (excludes halogenated alkanes) is 1. The van der Waals surface area contributed by atoms with Crippen LogP contribution in [0.1, 0.15) is 32.6 Å². The van der Waals surface area contributed by atoms with E-state index < -0.39 is 29.6 Å². The highest BCUT2D eigenvalue weighted by Gasteiger charge is 2.76. The first-order chi connectivity index (χ1) is 20.3. The average molecular weight is 639 g/mol. The predicted molar refractivity (Wildman–Crippen MR) is 167 cm³/mol. The summed E-state index contributed by atoms with van der Waals surface area (Å²) in [7, 11) is 0. The zero-order valence-electron chi connectivity index (χ0n) is 24.2. The van der Waals surface area contributed by atoms with Crippen LogP contribution < -0.4 is 4.90 Å². The Hall–Kier alpha value is -3.01. The van der Waals surface area contributed by atoms with Gasteiger partial charge in [0, 0.05) is 43.3 Å². The highest BCUT2D eigenvalue weighted by molar-refractivity contribution is 9.09. The number of aliphatic hydroxyl groups excluding tert-OH is 1. The van der Waals surface area contributed by atoms with Crippen LogP contribution in [0.2, 0.25) is 0 Å². The van der Waals surface area contributed by atoms with Gasteiger partial charge in [-0.2, -0.15) is 0 Å². The fourth-order valence-corrected chi connectivity index (χ4v) is 8.14. The topological polar surface area (TPSA) is 90.4 Å². The molecular formula is C33H40BrN3O5. The van der Waals surface area contributed by atoms with Crippen molar-refractivity contribution in [3.8, 4) is 0 Å². The molecule has 3 aliphatic heterocycles. The van der Waals surface area contributed by atoms with Gasteiger partial charge in [-0.1, -0.05) is 65.3 Å². The Balaban J connectivity index is 1.57. The highest BCUT2D eigenvalue weighted by Crippen LogP contribution is 2.60. The smallest absolute Gasteiger partial charge is 0.253 e. The van der Waals surface area contributed by atoms with Crippen LogP contribution in [-0.2, 0) is 19.1 Å². The second kappa shape index (κ2) is 12.7. The summed E-state index contributed by atoms with van der Waals surface area (Å²) in [5.41, 5.74) is -0.439. The van der Waals surface area contributed by atoms with Crippen molar-refractivity contribution in [3.05, 3.63) is 67.8 Å². The van der Waals surface area contributed by atoms with Gasteiger partial charge in [-0.3, -0.25) is 14.4 Å². The third kappa shape index (κ3) is 5.09. The summed E-state index contributed by atoms with van der Waals surface area (Å²) < 4.78 is 6.71. The van der Waals surface area contributed by atoms with Crippen LogP contribution in [0.25, 0.3) is 10.8 Å². The Morgan fingerprint density at radius 1 is 1.12 bits per heavy atom. The minimum atomic E-state index is -1.14. The molecule has 2 aromatic carbocycles. The van der Waals surface area contributed by atoms with E-state index in [1.807, 2.05) is 49.4 Å². The van der Waals surface area contributed by atoms with Gasteiger partial charge in [0.2, 0.25) is 11.8 Å². The van der Waals surface area contributed by atoms with E-state index in [1.54, 1.807) is 26.9 Å². The first-order valence-corrected chi connectivity index (χ1v) is 15.8. The van der Waals surface area contributed by atoms with E-state index in [0.717, 1.165) is 17.2 Å². The third-order valence-electron chi connectivity index (χ3n) is 8.89. The average Bonchev–Trinajstić information content (AvgIpc) is 3.58. The molecule has 5 rings (SSSR count). The molecule has 0 saturated carbocycles. The molecule has 3 saturated heterocycles. The zero-order chi connectivity index (χ0) is 30.0. The van der Waals surface area contributed by atoms with Gasteiger partial charge < -0.3 is 24.5 Å². The number of anilines is 1. The predicted octanol–water partition coefficient (Wildman–Crippen LogP) is 4.30. The zero-order valence-corrected chi connectivity index (χ0v) is 25.7. The Morgan fingerprint density at radius 2 is 1.86 bits per heavy atom. The molecule has 224 valence electrons. The van der Waals surface area contributed by atoms with Gasteiger partial charge in [-0.15, -0.1) is 13.2 Å². The quantitative estimate of drug-likeness (QED) is 0.201. The van der Waals surface area contributed by atoms with E-state index in [0.29, 0.717) is 44.6 Å². The van der Waals surface area contributed by atoms with Crippen molar-refractivity contribution in [2.24, 2.45) is 11.8 Å². The van der Waals surface area contributed by atoms with Crippen LogP contribution >= 0.6 is 15.9 Å². The summed E-state index contributed by atoms with van der Waals surface area (Å²) >= 11 is 3.76. The molecule has 9 heteroatoms. The molecule has 6 atom stereocenters. The number of likely N-dealkylation sites (tertiary alicyclic amines) is 1. The molecule has 3 heterocycles. The van der Waals surface area contributed by atoms with Gasteiger partial charge in [-0.05, 0) is 48.6 Å². The van der Waals surface area contributed by atoms with Crippen molar-refractivity contribution < 1.29 is 24.2 Å². The Bertz CT molecular complexity index is 1370. The van der Waals surface area contributed by atoms with Gasteiger partial charge >= 0.3 is 0 Å². The number of nitrogens with zero attached hydrogens (tertiary/aromatic N) is 3. The van der Waals surface area contributed by atoms with E-state index in [4.69, 9.17) is 4.74 Å². The molecule has 42 heavy (non-hydrogen) atoms. The monoisotopic (exact) mass is 637 g/mol. The normalized spacial score (nSPS) is 27.7. The van der Waals surface area contributed by atoms with Crippen molar-refractivity contribution in [2.75, 3.05) is 37.7 Å². The molecule has 3 aliphatic rings. The van der Waals surface area contributed by atoms with Crippen LogP contribution in [0.4, 0.5) is 5.69 Å². The first kappa shape index (κ1) is 30.4. The van der Waals surface area contributed by atoms with Gasteiger partial charge in [0.05, 0.1) is 17.9 Å². The molecule has 2 bridgehead atoms. The number of carbonyl (C=O) groups excluding carboxylic acids is 3. The molecule has 8 nitrogen and oxygen atoms in total. The number of rotatable bonds is 13. The molecule has 0 aliphatic carbocycles. The van der Waals surface area contributed by atoms with Crippen LogP contribution in [0.15, 0.2) is 67.8 Å². The maximum atomic E-state index is 14.7. The molecule has 2 aromatic rings. The van der Waals surface area contributed by atoms with Crippen LogP contribution in [-0.4, -0.2) is 88.0 Å². The summed E-state index contributed by atoms with van der Waals surface area (Å²) in [6.45, 7) is 11.2. The van der Waals surface area contributed by atoms with Crippen molar-refractivity contribution in [1.29, 1.82) is 0 Å². The Morgan fingerprint density at radius 3 is 2.55 bits per heavy atom. The first-order valence-electron chi connectivity index (χ1n) is 14.9. The van der Waals surface area contributed by atoms with E-state index in [2.05, 4.69) is 29.1 Å². The molecule has 1 spiro atoms. The lowest BCUT2D eigenvalue weighted by Gasteiger charge is -2.37. The lowest BCUT2D eigenvalue weighted by molar-refractivity contribution is -0.145. The van der Waals surface area contributed by atoms with Crippen molar-refractivity contribution >= 4 is 50.1 Å². The van der Waals surface area contributed by atoms with Gasteiger partial charge in [0.15, 0.2) is 0 Å². The van der Waals surface area contributed by atoms with E-state index in [9.17, 15) is 19.5 Å². The number of hydrogen-bond acceptors (Lipinski definition) is 5. The maximum absolute atomic E-state index is 14.7. The molecule has 1 N–H and O–H groups in total. The summed E-state index contributed by atoms with van der Waals surface area (Å²) in [6, 6.07) is 12.9. The summed E-state index contributed by atoms with van der Waals surface area (Å²) in [4.78, 5) is 48.0. The van der Waals surface area contributed by atoms with Gasteiger partial charge in [0.25, 0.3) is 5.91 Å². The van der Waals surface area contributed by atoms with Gasteiger partial charge in [0.1, 0.15) is 11.6 Å². The number of fused-ring (bicyclic) bond motifs is 2. The summed E-state index contributed by atoms with van der Waals surface area (Å²) in [5.74, 6) is -2.08. The minimum absolute atomic E-state index is 0.00835. The van der Waals surface area contributed by atoms with Crippen LogP contribution in [0, 0.1) is 11.8 Å². The number of aliphatic hydroxyl groups is 1. The molecule has 0 radical (unpaired) electrons. The standard InChI is InChI=1S/C33H40BrN3O5/c1-4-15-35(16-5-2)30(39)26-27-31(40)37(18-9-10-19-38)29(33(27)21-25(34)28(26)42-33)32(41)36(17-6-3)24-14-13-22-11-7-8-12-23(22)20-24/h4,6-8,11-14,20,25-29,38H,1,3,5,9-10,15-19,21H2,2H3/t25?,26-,27+,28-,29?,33?/m1/s1. The van der Waals surface area contributed by atoms with Crippen molar-refractivity contribution in [3.63, 3.8) is 0 Å². The Kier molecular flexibility index (Phi) is 9.20. The number of hydrogen-bond donors (Lipinski definition) is 1. The molecule has 3 fully saturated rings. The van der Waals surface area contributed by atoms with Crippen LogP contribution in [0.5, 0.6) is 0 Å². The largest absolute Gasteiger partial charge is 0.396 e. The van der Waals surface area contributed by atoms with Crippen molar-refractivity contribution in [2.45, 2.75) is 55.2 Å².